The number of aryl methyl sites for hydroxylation is 1. The Morgan fingerprint density at radius 2 is 2.14 bits per heavy atom. The summed E-state index contributed by atoms with van der Waals surface area (Å²) in [7, 11) is 0. The average Bonchev–Trinajstić information content (AvgIpc) is 2.93. The van der Waals surface area contributed by atoms with Gasteiger partial charge in [0.25, 0.3) is 5.91 Å². The molecule has 2 fully saturated rings. The highest BCUT2D eigenvalue weighted by atomic mass is 16.5. The van der Waals surface area contributed by atoms with Crippen LogP contribution < -0.4 is 0 Å². The molecule has 0 saturated carbocycles. The van der Waals surface area contributed by atoms with E-state index in [1.54, 1.807) is 6.26 Å². The van der Waals surface area contributed by atoms with E-state index in [2.05, 4.69) is 9.88 Å². The minimum atomic E-state index is -0.384. The number of nitrogens with zero attached hydrogens (tertiary/aromatic N) is 3. The number of rotatable bonds is 3. The van der Waals surface area contributed by atoms with Crippen molar-refractivity contribution >= 4 is 5.91 Å². The second-order valence-electron chi connectivity index (χ2n) is 5.39. The highest BCUT2D eigenvalue weighted by Crippen LogP contribution is 2.13. The van der Waals surface area contributed by atoms with E-state index in [0.29, 0.717) is 51.9 Å². The Bertz CT molecular complexity index is 484. The smallest absolute Gasteiger partial charge is 0.253 e. The Morgan fingerprint density at radius 1 is 1.33 bits per heavy atom. The molecular formula is C14H21N3O4. The van der Waals surface area contributed by atoms with Gasteiger partial charge in [-0.05, 0) is 0 Å². The molecule has 1 atom stereocenters. The molecule has 0 aliphatic carbocycles. The lowest BCUT2D eigenvalue weighted by atomic mass is 10.2. The molecule has 1 aromatic rings. The van der Waals surface area contributed by atoms with Crippen LogP contribution in [0.3, 0.4) is 0 Å². The van der Waals surface area contributed by atoms with Gasteiger partial charge >= 0.3 is 0 Å². The van der Waals surface area contributed by atoms with Crippen molar-refractivity contribution in [3.63, 3.8) is 0 Å². The average molecular weight is 295 g/mol. The summed E-state index contributed by atoms with van der Waals surface area (Å²) in [5.41, 5.74) is 0.895. The van der Waals surface area contributed by atoms with E-state index in [4.69, 9.17) is 13.9 Å². The summed E-state index contributed by atoms with van der Waals surface area (Å²) < 4.78 is 16.1. The van der Waals surface area contributed by atoms with Crippen LogP contribution in [0.2, 0.25) is 0 Å². The van der Waals surface area contributed by atoms with E-state index in [1.165, 1.54) is 0 Å². The largest absolute Gasteiger partial charge is 0.449 e. The first kappa shape index (κ1) is 14.5. The molecular weight excluding hydrogens is 274 g/mol. The lowest BCUT2D eigenvalue weighted by Gasteiger charge is -2.35. The van der Waals surface area contributed by atoms with Crippen LogP contribution in [0.15, 0.2) is 10.7 Å². The van der Waals surface area contributed by atoms with E-state index in [-0.39, 0.29) is 12.0 Å². The van der Waals surface area contributed by atoms with E-state index < -0.39 is 0 Å². The molecule has 1 aromatic heterocycles. The fourth-order valence-electron chi connectivity index (χ4n) is 2.69. The molecule has 3 rings (SSSR count). The number of morpholine rings is 2. The maximum absolute atomic E-state index is 12.4. The first-order valence-electron chi connectivity index (χ1n) is 7.34. The van der Waals surface area contributed by atoms with Gasteiger partial charge in [-0.1, -0.05) is 0 Å². The molecule has 0 spiro atoms. The van der Waals surface area contributed by atoms with Gasteiger partial charge in [-0.25, -0.2) is 4.98 Å². The van der Waals surface area contributed by atoms with E-state index >= 15 is 0 Å². The predicted molar refractivity (Wildman–Crippen MR) is 73.7 cm³/mol. The monoisotopic (exact) mass is 295 g/mol. The topological polar surface area (TPSA) is 68.0 Å². The molecule has 116 valence electrons. The van der Waals surface area contributed by atoms with Gasteiger partial charge in [0.1, 0.15) is 12.4 Å². The molecule has 2 aliphatic rings. The van der Waals surface area contributed by atoms with Crippen molar-refractivity contribution < 1.29 is 18.7 Å². The van der Waals surface area contributed by atoms with Gasteiger partial charge in [0.05, 0.1) is 25.5 Å². The lowest BCUT2D eigenvalue weighted by Crippen LogP contribution is -2.53. The number of aromatic nitrogens is 1. The van der Waals surface area contributed by atoms with Gasteiger partial charge in [0.15, 0.2) is 5.89 Å². The third-order valence-corrected chi connectivity index (χ3v) is 3.80. The Labute approximate surface area is 123 Å². The summed E-state index contributed by atoms with van der Waals surface area (Å²) in [5.74, 6) is 0.735. The van der Waals surface area contributed by atoms with Crippen LogP contribution in [-0.2, 0) is 20.8 Å². The Kier molecular flexibility index (Phi) is 4.52. The third kappa shape index (κ3) is 3.61. The number of hydrogen-bond acceptors (Lipinski definition) is 6. The molecule has 3 heterocycles. The van der Waals surface area contributed by atoms with Gasteiger partial charge in [0, 0.05) is 39.6 Å². The Balaban J connectivity index is 1.56. The Hall–Kier alpha value is -1.44. The van der Waals surface area contributed by atoms with Crippen LogP contribution >= 0.6 is 0 Å². The molecule has 0 bridgehead atoms. The standard InChI is InChI=1S/C14H21N3O4/c1-11-15-12(10-21-11)8-16-2-7-20-13(9-16)14(18)17-3-5-19-6-4-17/h10,13H,2-9H2,1H3. The molecule has 2 aliphatic heterocycles. The van der Waals surface area contributed by atoms with Crippen molar-refractivity contribution in [2.24, 2.45) is 0 Å². The second-order valence-corrected chi connectivity index (χ2v) is 5.39. The summed E-state index contributed by atoms with van der Waals surface area (Å²) in [6.45, 7) is 7.02. The zero-order valence-electron chi connectivity index (χ0n) is 12.3. The van der Waals surface area contributed by atoms with Crippen molar-refractivity contribution in [2.75, 3.05) is 46.0 Å². The molecule has 7 heteroatoms. The number of carbonyl (C=O) groups excluding carboxylic acids is 1. The van der Waals surface area contributed by atoms with Crippen LogP contribution in [0.4, 0.5) is 0 Å². The van der Waals surface area contributed by atoms with Gasteiger partial charge in [-0.2, -0.15) is 0 Å². The number of carbonyl (C=O) groups is 1. The SMILES string of the molecule is Cc1nc(CN2CCOC(C(=O)N3CCOCC3)C2)co1. The fourth-order valence-corrected chi connectivity index (χ4v) is 2.69. The normalized spacial score (nSPS) is 24.2. The maximum atomic E-state index is 12.4. The summed E-state index contributed by atoms with van der Waals surface area (Å²) in [4.78, 5) is 20.8. The molecule has 2 saturated heterocycles. The van der Waals surface area contributed by atoms with Crippen LogP contribution in [0.1, 0.15) is 11.6 Å². The van der Waals surface area contributed by atoms with E-state index in [9.17, 15) is 4.79 Å². The fraction of sp³-hybridized carbons (Fsp3) is 0.714. The van der Waals surface area contributed by atoms with Crippen molar-refractivity contribution in [2.45, 2.75) is 19.6 Å². The third-order valence-electron chi connectivity index (χ3n) is 3.80. The van der Waals surface area contributed by atoms with Crippen LogP contribution in [0, 0.1) is 6.92 Å². The predicted octanol–water partition coefficient (Wildman–Crippen LogP) is 0.0426. The molecule has 21 heavy (non-hydrogen) atoms. The summed E-state index contributed by atoms with van der Waals surface area (Å²) in [6, 6.07) is 0. The van der Waals surface area contributed by atoms with Crippen molar-refractivity contribution in [1.29, 1.82) is 0 Å². The zero-order valence-corrected chi connectivity index (χ0v) is 12.3. The van der Waals surface area contributed by atoms with Crippen LogP contribution in [-0.4, -0.2) is 72.8 Å². The van der Waals surface area contributed by atoms with E-state index in [1.807, 2.05) is 11.8 Å². The van der Waals surface area contributed by atoms with Gasteiger partial charge in [-0.15, -0.1) is 0 Å². The number of oxazole rings is 1. The molecule has 0 aromatic carbocycles. The van der Waals surface area contributed by atoms with Crippen molar-refractivity contribution in [3.8, 4) is 0 Å². The summed E-state index contributed by atoms with van der Waals surface area (Å²) >= 11 is 0. The minimum absolute atomic E-state index is 0.0688. The highest BCUT2D eigenvalue weighted by Gasteiger charge is 2.31. The quantitative estimate of drug-likeness (QED) is 0.784. The number of hydrogen-bond donors (Lipinski definition) is 0. The molecule has 1 unspecified atom stereocenters. The highest BCUT2D eigenvalue weighted by molar-refractivity contribution is 5.81. The second kappa shape index (κ2) is 6.55. The first-order chi connectivity index (χ1) is 10.2. The molecule has 0 radical (unpaired) electrons. The lowest BCUT2D eigenvalue weighted by molar-refractivity contribution is -0.153. The zero-order chi connectivity index (χ0) is 14.7. The van der Waals surface area contributed by atoms with Crippen LogP contribution in [0.5, 0.6) is 0 Å². The molecule has 0 N–H and O–H groups in total. The molecule has 1 amide bonds. The maximum Gasteiger partial charge on any atom is 0.253 e. The van der Waals surface area contributed by atoms with E-state index in [0.717, 1.165) is 12.2 Å². The van der Waals surface area contributed by atoms with Gasteiger partial charge < -0.3 is 18.8 Å². The number of ether oxygens (including phenoxy) is 2. The summed E-state index contributed by atoms with van der Waals surface area (Å²) in [6.07, 6.45) is 1.29. The van der Waals surface area contributed by atoms with Gasteiger partial charge in [0.2, 0.25) is 0 Å². The van der Waals surface area contributed by atoms with Crippen LogP contribution in [0.25, 0.3) is 0 Å². The number of amides is 1. The van der Waals surface area contributed by atoms with Crippen molar-refractivity contribution in [1.82, 2.24) is 14.8 Å². The Morgan fingerprint density at radius 3 is 2.86 bits per heavy atom. The van der Waals surface area contributed by atoms with Crippen molar-refractivity contribution in [3.05, 3.63) is 17.8 Å². The minimum Gasteiger partial charge on any atom is -0.449 e. The molecule has 7 nitrogen and oxygen atoms in total. The summed E-state index contributed by atoms with van der Waals surface area (Å²) in [5, 5.41) is 0. The first-order valence-corrected chi connectivity index (χ1v) is 7.34. The van der Waals surface area contributed by atoms with Gasteiger partial charge in [-0.3, -0.25) is 9.69 Å².